The molecule has 0 saturated heterocycles. The van der Waals surface area contributed by atoms with Crippen molar-refractivity contribution in [1.82, 2.24) is 0 Å². The van der Waals surface area contributed by atoms with Gasteiger partial charge < -0.3 is 8.83 Å². The summed E-state index contributed by atoms with van der Waals surface area (Å²) in [6.45, 7) is 9.58. The Morgan fingerprint density at radius 3 is 1.57 bits per heavy atom. The van der Waals surface area contributed by atoms with Crippen LogP contribution in [0.25, 0.3) is 99.5 Å². The monoisotopic (exact) mass is 718 g/mol. The van der Waals surface area contributed by atoms with Gasteiger partial charge in [-0.15, -0.1) is 0 Å². The molecule has 0 unspecified atom stereocenters. The molecule has 0 saturated carbocycles. The van der Waals surface area contributed by atoms with E-state index in [1.54, 1.807) is 0 Å². The second-order valence-corrected chi connectivity index (χ2v) is 16.9. The van der Waals surface area contributed by atoms with Gasteiger partial charge in [0.2, 0.25) is 0 Å². The van der Waals surface area contributed by atoms with E-state index in [1.165, 1.54) is 72.3 Å². The third-order valence-corrected chi connectivity index (χ3v) is 13.1. The van der Waals surface area contributed by atoms with Gasteiger partial charge in [0.15, 0.2) is 0 Å². The average molecular weight is 719 g/mol. The predicted octanol–water partition coefficient (Wildman–Crippen LogP) is 15.1. The Hall–Kier alpha value is -6.64. The minimum atomic E-state index is -0.115. The van der Waals surface area contributed by atoms with Gasteiger partial charge in [0.1, 0.15) is 22.3 Å². The minimum Gasteiger partial charge on any atom is -0.456 e. The van der Waals surface area contributed by atoms with Crippen molar-refractivity contribution >= 4 is 43.9 Å². The van der Waals surface area contributed by atoms with Gasteiger partial charge in [-0.3, -0.25) is 0 Å². The van der Waals surface area contributed by atoms with Crippen molar-refractivity contribution in [2.75, 3.05) is 0 Å². The van der Waals surface area contributed by atoms with Gasteiger partial charge in [-0.05, 0) is 126 Å². The van der Waals surface area contributed by atoms with Crippen molar-refractivity contribution in [3.05, 3.63) is 180 Å². The quantitative estimate of drug-likeness (QED) is 0.182. The second-order valence-electron chi connectivity index (χ2n) is 16.9. The van der Waals surface area contributed by atoms with E-state index in [2.05, 4.69) is 173 Å². The van der Waals surface area contributed by atoms with Crippen LogP contribution in [0.5, 0.6) is 0 Å². The molecule has 0 spiro atoms. The van der Waals surface area contributed by atoms with Crippen LogP contribution in [0.2, 0.25) is 0 Å². The maximum atomic E-state index is 6.48. The molecule has 10 aromatic rings. The molecule has 266 valence electrons. The standard InChI is InChI=1S/C54H38O2/c1-53(2)43-22-21-38-37-15-8-9-16-42(37)54(3,4)52(38)49(43)39-20-17-36(30-44(39)53)33-14-10-13-32(27-33)35-19-24-46-41(29-35)51-48(56-46)26-25-47-50(51)40-28-34(18-23-45(40)55-47)31-11-6-5-7-12-31/h5-30H,1-4H3. The first-order valence-corrected chi connectivity index (χ1v) is 19.7. The van der Waals surface area contributed by atoms with Crippen LogP contribution in [-0.2, 0) is 10.8 Å². The lowest BCUT2D eigenvalue weighted by atomic mass is 9.77. The SMILES string of the molecule is CC1(C)c2cc(-c3cccc(-c4ccc5oc6ccc7oc8ccc(-c9ccccc9)cc8c7c6c5c4)c3)ccc2-c2c1ccc1c2C(C)(C)c2ccccc2-1. The minimum absolute atomic E-state index is 0.0645. The summed E-state index contributed by atoms with van der Waals surface area (Å²) in [5, 5.41) is 4.38. The number of hydrogen-bond acceptors (Lipinski definition) is 2. The molecule has 0 N–H and O–H groups in total. The predicted molar refractivity (Wildman–Crippen MR) is 232 cm³/mol. The first-order valence-electron chi connectivity index (χ1n) is 19.7. The number of benzene rings is 8. The van der Waals surface area contributed by atoms with Gasteiger partial charge in [0, 0.05) is 32.4 Å². The van der Waals surface area contributed by atoms with E-state index >= 15 is 0 Å². The van der Waals surface area contributed by atoms with Gasteiger partial charge in [0.05, 0.1) is 0 Å². The number of fused-ring (bicyclic) bond motifs is 14. The van der Waals surface area contributed by atoms with E-state index in [1.807, 2.05) is 12.1 Å². The molecule has 56 heavy (non-hydrogen) atoms. The number of furan rings is 2. The molecule has 0 radical (unpaired) electrons. The van der Waals surface area contributed by atoms with Crippen molar-refractivity contribution in [2.24, 2.45) is 0 Å². The summed E-state index contributed by atoms with van der Waals surface area (Å²) in [5.74, 6) is 0. The Morgan fingerprint density at radius 1 is 0.339 bits per heavy atom. The van der Waals surface area contributed by atoms with Crippen LogP contribution >= 0.6 is 0 Å². The molecule has 0 aliphatic heterocycles. The summed E-state index contributed by atoms with van der Waals surface area (Å²) in [5.41, 5.74) is 21.7. The van der Waals surface area contributed by atoms with Crippen LogP contribution in [0.15, 0.2) is 167 Å². The summed E-state index contributed by atoms with van der Waals surface area (Å²) in [7, 11) is 0. The van der Waals surface area contributed by atoms with E-state index in [9.17, 15) is 0 Å². The molecule has 2 nitrogen and oxygen atoms in total. The number of rotatable bonds is 3. The van der Waals surface area contributed by atoms with Crippen LogP contribution in [0.3, 0.4) is 0 Å². The van der Waals surface area contributed by atoms with E-state index in [0.717, 1.165) is 49.4 Å². The molecule has 2 heterocycles. The van der Waals surface area contributed by atoms with Crippen molar-refractivity contribution in [3.8, 4) is 55.6 Å². The maximum Gasteiger partial charge on any atom is 0.136 e. The van der Waals surface area contributed by atoms with Crippen LogP contribution < -0.4 is 0 Å². The molecule has 0 atom stereocenters. The normalized spacial score (nSPS) is 14.7. The topological polar surface area (TPSA) is 26.3 Å². The zero-order valence-electron chi connectivity index (χ0n) is 31.8. The molecule has 2 aliphatic rings. The molecule has 2 heteroatoms. The fraction of sp³-hybridized carbons (Fsp3) is 0.111. The zero-order valence-corrected chi connectivity index (χ0v) is 31.8. The van der Waals surface area contributed by atoms with Crippen LogP contribution in [0.1, 0.15) is 49.9 Å². The molecular weight excluding hydrogens is 681 g/mol. The Balaban J connectivity index is 0.973. The Kier molecular flexibility index (Phi) is 6.22. The zero-order chi connectivity index (χ0) is 37.5. The summed E-state index contributed by atoms with van der Waals surface area (Å²) >= 11 is 0. The molecule has 2 aromatic heterocycles. The van der Waals surface area contributed by atoms with Crippen molar-refractivity contribution in [1.29, 1.82) is 0 Å². The first kappa shape index (κ1) is 31.7. The lowest BCUT2D eigenvalue weighted by Crippen LogP contribution is -2.18. The van der Waals surface area contributed by atoms with Crippen LogP contribution in [-0.4, -0.2) is 0 Å². The Labute approximate surface area is 325 Å². The molecule has 0 fully saturated rings. The summed E-state index contributed by atoms with van der Waals surface area (Å²) in [6, 6.07) is 57.6. The number of hydrogen-bond donors (Lipinski definition) is 0. The Morgan fingerprint density at radius 2 is 0.875 bits per heavy atom. The third-order valence-electron chi connectivity index (χ3n) is 13.1. The smallest absolute Gasteiger partial charge is 0.136 e. The van der Waals surface area contributed by atoms with Crippen LogP contribution in [0, 0.1) is 0 Å². The van der Waals surface area contributed by atoms with Crippen molar-refractivity contribution in [2.45, 2.75) is 38.5 Å². The summed E-state index contributed by atoms with van der Waals surface area (Å²) in [6.07, 6.45) is 0. The first-order chi connectivity index (χ1) is 27.3. The third kappa shape index (κ3) is 4.22. The second kappa shape index (κ2) is 11.0. The Bertz CT molecular complexity index is 3300. The molecule has 0 bridgehead atoms. The van der Waals surface area contributed by atoms with Gasteiger partial charge >= 0.3 is 0 Å². The highest BCUT2D eigenvalue weighted by Gasteiger charge is 2.44. The largest absolute Gasteiger partial charge is 0.456 e. The maximum absolute atomic E-state index is 6.48. The lowest BCUT2D eigenvalue weighted by Gasteiger charge is -2.26. The van der Waals surface area contributed by atoms with Gasteiger partial charge in [-0.1, -0.05) is 137 Å². The average Bonchev–Trinajstić information content (AvgIpc) is 3.92. The molecule has 12 rings (SSSR count). The molecule has 0 amide bonds. The van der Waals surface area contributed by atoms with E-state index in [0.29, 0.717) is 0 Å². The van der Waals surface area contributed by atoms with E-state index < -0.39 is 0 Å². The lowest BCUT2D eigenvalue weighted by molar-refractivity contribution is 0.647. The molecule has 8 aromatic carbocycles. The highest BCUT2D eigenvalue weighted by molar-refractivity contribution is 6.26. The van der Waals surface area contributed by atoms with Crippen molar-refractivity contribution < 1.29 is 8.83 Å². The summed E-state index contributed by atoms with van der Waals surface area (Å²) < 4.78 is 12.9. The van der Waals surface area contributed by atoms with E-state index in [4.69, 9.17) is 8.83 Å². The van der Waals surface area contributed by atoms with Gasteiger partial charge in [-0.2, -0.15) is 0 Å². The van der Waals surface area contributed by atoms with Crippen LogP contribution in [0.4, 0.5) is 0 Å². The highest BCUT2D eigenvalue weighted by atomic mass is 16.3. The van der Waals surface area contributed by atoms with Gasteiger partial charge in [-0.25, -0.2) is 0 Å². The fourth-order valence-electron chi connectivity index (χ4n) is 10.3. The van der Waals surface area contributed by atoms with E-state index in [-0.39, 0.29) is 10.8 Å². The van der Waals surface area contributed by atoms with Gasteiger partial charge in [0.25, 0.3) is 0 Å². The summed E-state index contributed by atoms with van der Waals surface area (Å²) in [4.78, 5) is 0. The molecule has 2 aliphatic carbocycles. The molecular formula is C54H38O2. The highest BCUT2D eigenvalue weighted by Crippen LogP contribution is 2.59. The fourth-order valence-corrected chi connectivity index (χ4v) is 10.3. The van der Waals surface area contributed by atoms with Crippen molar-refractivity contribution in [3.63, 3.8) is 0 Å².